The summed E-state index contributed by atoms with van der Waals surface area (Å²) in [6.45, 7) is 5.43. The molecule has 5 aromatic rings. The number of ether oxygens (including phenoxy) is 1. The summed E-state index contributed by atoms with van der Waals surface area (Å²) < 4.78 is 40.5. The lowest BCUT2D eigenvalue weighted by Gasteiger charge is -2.19. The fourth-order valence-electron chi connectivity index (χ4n) is 4.86. The van der Waals surface area contributed by atoms with E-state index in [2.05, 4.69) is 4.72 Å². The predicted molar refractivity (Wildman–Crippen MR) is 162 cm³/mol. The van der Waals surface area contributed by atoms with Crippen LogP contribution >= 0.6 is 0 Å². The molecule has 4 aromatic carbocycles. The average molecular weight is 582 g/mol. The lowest BCUT2D eigenvalue weighted by molar-refractivity contribution is -0.136. The maximum Gasteiger partial charge on any atom is 0.340 e. The topological polar surface area (TPSA) is 103 Å². The van der Waals surface area contributed by atoms with Crippen molar-refractivity contribution < 1.29 is 22.4 Å². The van der Waals surface area contributed by atoms with Crippen LogP contribution in [-0.2, 0) is 27.7 Å². The number of esters is 1. The normalized spacial score (nSPS) is 12.3. The van der Waals surface area contributed by atoms with Crippen LogP contribution in [0.2, 0.25) is 0 Å². The molecule has 5 rings (SSSR count). The Morgan fingerprint density at radius 2 is 1.43 bits per heavy atom. The molecule has 8 heteroatoms. The van der Waals surface area contributed by atoms with Gasteiger partial charge in [0.25, 0.3) is 0 Å². The summed E-state index contributed by atoms with van der Waals surface area (Å²) in [5.41, 5.74) is 4.34. The van der Waals surface area contributed by atoms with Crippen LogP contribution in [0.3, 0.4) is 0 Å². The highest BCUT2D eigenvalue weighted by molar-refractivity contribution is 7.89. The van der Waals surface area contributed by atoms with Crippen LogP contribution in [0, 0.1) is 20.8 Å². The molecule has 0 aliphatic carbocycles. The highest BCUT2D eigenvalue weighted by Gasteiger charge is 2.29. The fourth-order valence-corrected chi connectivity index (χ4v) is 6.05. The van der Waals surface area contributed by atoms with Gasteiger partial charge in [0.05, 0.1) is 4.90 Å². The van der Waals surface area contributed by atoms with Crippen molar-refractivity contribution >= 4 is 27.0 Å². The van der Waals surface area contributed by atoms with Gasteiger partial charge in [0.2, 0.25) is 10.0 Å². The van der Waals surface area contributed by atoms with E-state index in [0.29, 0.717) is 23.1 Å². The third-order valence-corrected chi connectivity index (χ3v) is 8.77. The summed E-state index contributed by atoms with van der Waals surface area (Å²) in [5.74, 6) is -0.602. The van der Waals surface area contributed by atoms with Crippen molar-refractivity contribution in [2.45, 2.75) is 44.6 Å². The fraction of sp³-hybridized carbons (Fsp3) is 0.176. The number of benzene rings is 4. The van der Waals surface area contributed by atoms with Gasteiger partial charge in [-0.25, -0.2) is 18.0 Å². The van der Waals surface area contributed by atoms with Crippen LogP contribution in [0.25, 0.3) is 11.0 Å². The largest absolute Gasteiger partial charge is 0.425 e. The summed E-state index contributed by atoms with van der Waals surface area (Å²) in [6.07, 6.45) is 0.511. The Morgan fingerprint density at radius 1 is 0.810 bits per heavy atom. The molecule has 214 valence electrons. The molecule has 1 atom stereocenters. The van der Waals surface area contributed by atoms with Gasteiger partial charge in [-0.1, -0.05) is 78.4 Å². The maximum absolute atomic E-state index is 13.5. The Morgan fingerprint density at radius 3 is 2.07 bits per heavy atom. The first kappa shape index (κ1) is 29.0. The molecule has 0 fully saturated rings. The van der Waals surface area contributed by atoms with Crippen molar-refractivity contribution in [1.29, 1.82) is 0 Å². The smallest absolute Gasteiger partial charge is 0.340 e. The maximum atomic E-state index is 13.5. The summed E-state index contributed by atoms with van der Waals surface area (Å²) in [6, 6.07) is 27.3. The SMILES string of the molecule is Cc1ccc(S(=O)(=O)NC(Cc2ccccc2)C(=O)Oc2ccc3c(C)c(Cc4ccccc4)c(=O)oc3c2C)cc1. The number of nitrogens with one attached hydrogen (secondary N) is 1. The Kier molecular flexibility index (Phi) is 8.38. The molecule has 0 saturated carbocycles. The quantitative estimate of drug-likeness (QED) is 0.134. The van der Waals surface area contributed by atoms with E-state index in [1.165, 1.54) is 12.1 Å². The number of rotatable bonds is 9. The second-order valence-corrected chi connectivity index (χ2v) is 12.0. The van der Waals surface area contributed by atoms with Crippen molar-refractivity contribution in [3.05, 3.63) is 141 Å². The minimum Gasteiger partial charge on any atom is -0.425 e. The van der Waals surface area contributed by atoms with E-state index in [0.717, 1.165) is 27.6 Å². The van der Waals surface area contributed by atoms with Gasteiger partial charge in [0.1, 0.15) is 17.4 Å². The Bertz CT molecular complexity index is 1900. The van der Waals surface area contributed by atoms with Crippen LogP contribution < -0.4 is 15.1 Å². The molecule has 0 saturated heterocycles. The zero-order valence-electron chi connectivity index (χ0n) is 23.6. The minimum atomic E-state index is -4.03. The van der Waals surface area contributed by atoms with Crippen molar-refractivity contribution in [3.63, 3.8) is 0 Å². The molecule has 0 amide bonds. The van der Waals surface area contributed by atoms with Crippen LogP contribution in [0.5, 0.6) is 5.75 Å². The van der Waals surface area contributed by atoms with Gasteiger partial charge in [-0.2, -0.15) is 4.72 Å². The van der Waals surface area contributed by atoms with Gasteiger partial charge >= 0.3 is 11.6 Å². The molecular weight excluding hydrogens is 550 g/mol. The number of hydrogen-bond donors (Lipinski definition) is 1. The van der Waals surface area contributed by atoms with Crippen molar-refractivity contribution in [3.8, 4) is 5.75 Å². The standard InChI is InChI=1S/C34H31NO6S/c1-22-14-16-27(17-15-22)42(38,39)35-30(21-26-12-8-5-9-13-26)34(37)40-31-19-18-28-23(2)29(20-25-10-6-4-7-11-25)33(36)41-32(28)24(31)3/h4-19,30,35H,20-21H2,1-3H3. The number of sulfonamides is 1. The van der Waals surface area contributed by atoms with Crippen LogP contribution in [0.4, 0.5) is 0 Å². The molecule has 1 N–H and O–H groups in total. The van der Waals surface area contributed by atoms with E-state index in [-0.39, 0.29) is 17.1 Å². The van der Waals surface area contributed by atoms with Gasteiger partial charge in [-0.15, -0.1) is 0 Å². The van der Waals surface area contributed by atoms with Gasteiger partial charge in [-0.05, 0) is 68.1 Å². The van der Waals surface area contributed by atoms with E-state index < -0.39 is 27.7 Å². The first-order valence-electron chi connectivity index (χ1n) is 13.6. The number of hydrogen-bond acceptors (Lipinski definition) is 6. The minimum absolute atomic E-state index is 0.0457. The van der Waals surface area contributed by atoms with Crippen LogP contribution in [0.1, 0.15) is 33.4 Å². The second kappa shape index (κ2) is 12.1. The Balaban J connectivity index is 1.45. The van der Waals surface area contributed by atoms with E-state index >= 15 is 0 Å². The van der Waals surface area contributed by atoms with Crippen molar-refractivity contribution in [2.24, 2.45) is 0 Å². The van der Waals surface area contributed by atoms with Crippen LogP contribution in [0.15, 0.2) is 111 Å². The van der Waals surface area contributed by atoms with Crippen molar-refractivity contribution in [1.82, 2.24) is 4.72 Å². The number of carbonyl (C=O) groups excluding carboxylic acids is 1. The summed E-state index contributed by atoms with van der Waals surface area (Å²) in [7, 11) is -4.03. The molecule has 0 radical (unpaired) electrons. The highest BCUT2D eigenvalue weighted by Crippen LogP contribution is 2.30. The Labute approximate surface area is 244 Å². The third-order valence-electron chi connectivity index (χ3n) is 7.28. The molecule has 1 heterocycles. The highest BCUT2D eigenvalue weighted by atomic mass is 32.2. The molecule has 1 aromatic heterocycles. The molecule has 0 spiro atoms. The number of aryl methyl sites for hydroxylation is 3. The zero-order valence-corrected chi connectivity index (χ0v) is 24.4. The molecule has 0 aliphatic rings. The van der Waals surface area contributed by atoms with E-state index in [1.54, 1.807) is 31.2 Å². The van der Waals surface area contributed by atoms with Gasteiger partial charge < -0.3 is 9.15 Å². The molecular formula is C34H31NO6S. The number of fused-ring (bicyclic) bond motifs is 1. The molecule has 0 aliphatic heterocycles. The lowest BCUT2D eigenvalue weighted by Crippen LogP contribution is -2.44. The first-order valence-corrected chi connectivity index (χ1v) is 15.0. The molecule has 42 heavy (non-hydrogen) atoms. The van der Waals surface area contributed by atoms with Gasteiger partial charge in [0.15, 0.2) is 0 Å². The van der Waals surface area contributed by atoms with E-state index in [4.69, 9.17) is 9.15 Å². The molecule has 7 nitrogen and oxygen atoms in total. The average Bonchev–Trinajstić information content (AvgIpc) is 2.98. The van der Waals surface area contributed by atoms with E-state index in [9.17, 15) is 18.0 Å². The molecule has 1 unspecified atom stereocenters. The van der Waals surface area contributed by atoms with Crippen molar-refractivity contribution in [2.75, 3.05) is 0 Å². The van der Waals surface area contributed by atoms with E-state index in [1.807, 2.05) is 74.5 Å². The summed E-state index contributed by atoms with van der Waals surface area (Å²) >= 11 is 0. The summed E-state index contributed by atoms with van der Waals surface area (Å²) in [5, 5.41) is 0.735. The Hall–Kier alpha value is -4.53. The molecule has 0 bridgehead atoms. The number of carbonyl (C=O) groups is 1. The van der Waals surface area contributed by atoms with Gasteiger partial charge in [-0.3, -0.25) is 0 Å². The first-order chi connectivity index (χ1) is 20.1. The zero-order chi connectivity index (χ0) is 29.9. The second-order valence-electron chi connectivity index (χ2n) is 10.3. The third kappa shape index (κ3) is 6.35. The lowest BCUT2D eigenvalue weighted by atomic mass is 9.98. The van der Waals surface area contributed by atoms with Crippen LogP contribution in [-0.4, -0.2) is 20.4 Å². The monoisotopic (exact) mass is 581 g/mol. The predicted octanol–water partition coefficient (Wildman–Crippen LogP) is 5.80. The van der Waals surface area contributed by atoms with Gasteiger partial charge in [0, 0.05) is 22.9 Å². The summed E-state index contributed by atoms with van der Waals surface area (Å²) in [4.78, 5) is 26.6.